The number of pyridine rings is 1. The van der Waals surface area contributed by atoms with Gasteiger partial charge in [-0.05, 0) is 48.9 Å². The van der Waals surface area contributed by atoms with Crippen molar-refractivity contribution in [3.63, 3.8) is 0 Å². The van der Waals surface area contributed by atoms with Gasteiger partial charge in [0.15, 0.2) is 0 Å². The fraction of sp³-hybridized carbons (Fsp3) is 0.474. The predicted molar refractivity (Wildman–Crippen MR) is 95.4 cm³/mol. The number of aromatic nitrogens is 2. The van der Waals surface area contributed by atoms with E-state index in [2.05, 4.69) is 15.3 Å². The van der Waals surface area contributed by atoms with Gasteiger partial charge in [-0.15, -0.1) is 0 Å². The first-order valence-electron chi connectivity index (χ1n) is 8.87. The molecule has 6 nitrogen and oxygen atoms in total. The molecule has 132 valence electrons. The molecule has 2 aromatic heterocycles. The van der Waals surface area contributed by atoms with Crippen molar-refractivity contribution in [3.8, 4) is 0 Å². The number of carbonyl (C=O) groups is 1. The van der Waals surface area contributed by atoms with Gasteiger partial charge in [0.05, 0.1) is 12.1 Å². The summed E-state index contributed by atoms with van der Waals surface area (Å²) in [5, 5.41) is 3.52. The molecule has 6 heteroatoms. The van der Waals surface area contributed by atoms with E-state index in [0.717, 1.165) is 31.7 Å². The molecular weight excluding hydrogens is 316 g/mol. The van der Waals surface area contributed by atoms with E-state index in [1.807, 2.05) is 35.2 Å². The molecule has 1 saturated carbocycles. The molecule has 2 N–H and O–H groups in total. The third-order valence-corrected chi connectivity index (χ3v) is 5.53. The maximum atomic E-state index is 12.6. The number of rotatable bonds is 4. The molecule has 0 bridgehead atoms. The monoisotopic (exact) mass is 340 g/mol. The fourth-order valence-corrected chi connectivity index (χ4v) is 4.26. The molecule has 4 atom stereocenters. The van der Waals surface area contributed by atoms with Crippen molar-refractivity contribution in [1.82, 2.24) is 14.9 Å². The standard InChI is InChI=1S/C19H24N4O2/c1-25-17-10-14-12-23(19(24)15-5-4-8-20-15)11-13(14)9-16(17)22-18-6-2-3-7-21-18/h2-8,13-14,16-17,20H,9-12H2,1H3,(H,21,22)/t13-,14+,16-,17-/m1/s1. The second-order valence-corrected chi connectivity index (χ2v) is 7.03. The Hall–Kier alpha value is -2.34. The summed E-state index contributed by atoms with van der Waals surface area (Å²) in [6.07, 6.45) is 5.70. The van der Waals surface area contributed by atoms with Crippen LogP contribution < -0.4 is 5.32 Å². The van der Waals surface area contributed by atoms with E-state index < -0.39 is 0 Å². The summed E-state index contributed by atoms with van der Waals surface area (Å²) in [4.78, 5) is 22.0. The topological polar surface area (TPSA) is 70.2 Å². The third-order valence-electron chi connectivity index (χ3n) is 5.53. The molecule has 4 rings (SSSR count). The maximum Gasteiger partial charge on any atom is 0.270 e. The average Bonchev–Trinajstić information content (AvgIpc) is 3.31. The number of nitrogens with zero attached hydrogens (tertiary/aromatic N) is 2. The van der Waals surface area contributed by atoms with Crippen molar-refractivity contribution in [1.29, 1.82) is 0 Å². The molecule has 0 aromatic carbocycles. The molecule has 2 aliphatic rings. The molecule has 1 amide bonds. The molecule has 3 heterocycles. The van der Waals surface area contributed by atoms with E-state index in [4.69, 9.17) is 4.74 Å². The molecule has 25 heavy (non-hydrogen) atoms. The normalized spacial score (nSPS) is 28.6. The minimum atomic E-state index is 0.0996. The number of likely N-dealkylation sites (tertiary alicyclic amines) is 1. The summed E-state index contributed by atoms with van der Waals surface area (Å²) in [7, 11) is 1.77. The van der Waals surface area contributed by atoms with Gasteiger partial charge in [-0.25, -0.2) is 4.98 Å². The fourth-order valence-electron chi connectivity index (χ4n) is 4.26. The highest BCUT2D eigenvalue weighted by Crippen LogP contribution is 2.38. The van der Waals surface area contributed by atoms with Crippen LogP contribution >= 0.6 is 0 Å². The Balaban J connectivity index is 1.44. The third kappa shape index (κ3) is 3.26. The molecule has 0 radical (unpaired) electrons. The van der Waals surface area contributed by atoms with Gasteiger partial charge in [-0.1, -0.05) is 6.07 Å². The van der Waals surface area contributed by atoms with Gasteiger partial charge < -0.3 is 19.9 Å². The number of anilines is 1. The number of aromatic amines is 1. The lowest BCUT2D eigenvalue weighted by atomic mass is 9.77. The summed E-state index contributed by atoms with van der Waals surface area (Å²) in [5.74, 6) is 1.99. The molecule has 1 saturated heterocycles. The average molecular weight is 340 g/mol. The Morgan fingerprint density at radius 3 is 2.76 bits per heavy atom. The van der Waals surface area contributed by atoms with E-state index in [9.17, 15) is 4.79 Å². The second kappa shape index (κ2) is 6.88. The Bertz CT molecular complexity index is 703. The summed E-state index contributed by atoms with van der Waals surface area (Å²) in [5.41, 5.74) is 0.671. The van der Waals surface area contributed by atoms with Crippen molar-refractivity contribution in [2.45, 2.75) is 25.0 Å². The van der Waals surface area contributed by atoms with Crippen LogP contribution in [0.25, 0.3) is 0 Å². The Morgan fingerprint density at radius 1 is 1.24 bits per heavy atom. The van der Waals surface area contributed by atoms with Crippen LogP contribution in [0.3, 0.4) is 0 Å². The quantitative estimate of drug-likeness (QED) is 0.897. The largest absolute Gasteiger partial charge is 0.379 e. The van der Waals surface area contributed by atoms with Gasteiger partial charge in [-0.2, -0.15) is 0 Å². The highest BCUT2D eigenvalue weighted by atomic mass is 16.5. The van der Waals surface area contributed by atoms with Crippen molar-refractivity contribution in [3.05, 3.63) is 48.4 Å². The minimum Gasteiger partial charge on any atom is -0.379 e. The zero-order valence-corrected chi connectivity index (χ0v) is 14.4. The number of hydrogen-bond acceptors (Lipinski definition) is 4. The molecule has 1 aliphatic heterocycles. The minimum absolute atomic E-state index is 0.0996. The number of amides is 1. The van der Waals surface area contributed by atoms with E-state index >= 15 is 0 Å². The number of ether oxygens (including phenoxy) is 1. The van der Waals surface area contributed by atoms with E-state index in [-0.39, 0.29) is 18.1 Å². The van der Waals surface area contributed by atoms with Crippen LogP contribution in [0.4, 0.5) is 5.82 Å². The van der Waals surface area contributed by atoms with Gasteiger partial charge in [0.25, 0.3) is 5.91 Å². The first kappa shape index (κ1) is 16.1. The SMILES string of the molecule is CO[C@@H]1C[C@H]2CN(C(=O)c3ccc[nH]3)C[C@H]2C[C@H]1Nc1ccccn1. The molecule has 2 aromatic rings. The zero-order chi connectivity index (χ0) is 17.2. The summed E-state index contributed by atoms with van der Waals surface area (Å²) >= 11 is 0. The van der Waals surface area contributed by atoms with E-state index in [1.54, 1.807) is 19.5 Å². The Kier molecular flexibility index (Phi) is 4.44. The first-order valence-corrected chi connectivity index (χ1v) is 8.87. The van der Waals surface area contributed by atoms with E-state index in [0.29, 0.717) is 17.5 Å². The van der Waals surface area contributed by atoms with Crippen LogP contribution in [-0.4, -0.2) is 53.1 Å². The lowest BCUT2D eigenvalue weighted by Crippen LogP contribution is -2.44. The van der Waals surface area contributed by atoms with E-state index in [1.165, 1.54) is 0 Å². The van der Waals surface area contributed by atoms with Crippen LogP contribution in [0, 0.1) is 11.8 Å². The maximum absolute atomic E-state index is 12.6. The van der Waals surface area contributed by atoms with Gasteiger partial charge in [0.2, 0.25) is 0 Å². The van der Waals surface area contributed by atoms with Gasteiger partial charge in [-0.3, -0.25) is 4.79 Å². The predicted octanol–water partition coefficient (Wildman–Crippen LogP) is 2.39. The molecule has 0 unspecified atom stereocenters. The van der Waals surface area contributed by atoms with Crippen LogP contribution in [0.15, 0.2) is 42.7 Å². The van der Waals surface area contributed by atoms with Crippen molar-refractivity contribution >= 4 is 11.7 Å². The molecule has 2 fully saturated rings. The highest BCUT2D eigenvalue weighted by Gasteiger charge is 2.43. The summed E-state index contributed by atoms with van der Waals surface area (Å²) in [6.45, 7) is 1.64. The first-order chi connectivity index (χ1) is 12.2. The molecule has 1 aliphatic carbocycles. The molecular formula is C19H24N4O2. The molecule has 0 spiro atoms. The highest BCUT2D eigenvalue weighted by molar-refractivity contribution is 5.92. The number of H-pyrrole nitrogens is 1. The lowest BCUT2D eigenvalue weighted by molar-refractivity contribution is 0.0304. The lowest BCUT2D eigenvalue weighted by Gasteiger charge is -2.37. The van der Waals surface area contributed by atoms with Crippen LogP contribution in [0.5, 0.6) is 0 Å². The van der Waals surface area contributed by atoms with Gasteiger partial charge >= 0.3 is 0 Å². The number of hydrogen-bond donors (Lipinski definition) is 2. The van der Waals surface area contributed by atoms with Crippen molar-refractivity contribution in [2.75, 3.05) is 25.5 Å². The number of methoxy groups -OCH3 is 1. The smallest absolute Gasteiger partial charge is 0.270 e. The summed E-state index contributed by atoms with van der Waals surface area (Å²) < 4.78 is 5.75. The zero-order valence-electron chi connectivity index (χ0n) is 14.4. The number of fused-ring (bicyclic) bond motifs is 1. The van der Waals surface area contributed by atoms with Crippen LogP contribution in [-0.2, 0) is 4.74 Å². The number of nitrogens with one attached hydrogen (secondary N) is 2. The Labute approximate surface area is 147 Å². The van der Waals surface area contributed by atoms with Crippen LogP contribution in [0.2, 0.25) is 0 Å². The van der Waals surface area contributed by atoms with Crippen molar-refractivity contribution < 1.29 is 9.53 Å². The van der Waals surface area contributed by atoms with Crippen LogP contribution in [0.1, 0.15) is 23.3 Å². The summed E-state index contributed by atoms with van der Waals surface area (Å²) in [6, 6.07) is 9.81. The van der Waals surface area contributed by atoms with Gasteiger partial charge in [0, 0.05) is 32.6 Å². The van der Waals surface area contributed by atoms with Gasteiger partial charge in [0.1, 0.15) is 11.5 Å². The Morgan fingerprint density at radius 2 is 2.08 bits per heavy atom. The van der Waals surface area contributed by atoms with Crippen molar-refractivity contribution in [2.24, 2.45) is 11.8 Å². The number of carbonyl (C=O) groups excluding carboxylic acids is 1. The second-order valence-electron chi connectivity index (χ2n) is 7.03.